The third kappa shape index (κ3) is 3.78. The molecule has 1 atom stereocenters. The van der Waals surface area contributed by atoms with Crippen molar-refractivity contribution >= 4 is 11.9 Å². The highest BCUT2D eigenvalue weighted by Gasteiger charge is 2.19. The Labute approximate surface area is 111 Å². The Hall–Kier alpha value is -1.89. The molecule has 0 fully saturated rings. The average molecular weight is 269 g/mol. The van der Waals surface area contributed by atoms with Gasteiger partial charge in [-0.1, -0.05) is 0 Å². The summed E-state index contributed by atoms with van der Waals surface area (Å²) in [4.78, 5) is 22.3. The lowest BCUT2D eigenvalue weighted by atomic mass is 10.1. The molecule has 1 aromatic rings. The van der Waals surface area contributed by atoms with Gasteiger partial charge in [0.15, 0.2) is 0 Å². The van der Waals surface area contributed by atoms with Crippen molar-refractivity contribution in [3.63, 3.8) is 0 Å². The van der Waals surface area contributed by atoms with E-state index in [-0.39, 0.29) is 6.42 Å². The van der Waals surface area contributed by atoms with Gasteiger partial charge in [0, 0.05) is 19.2 Å². The molecule has 7 heteroatoms. The van der Waals surface area contributed by atoms with Crippen molar-refractivity contribution in [1.29, 1.82) is 0 Å². The summed E-state index contributed by atoms with van der Waals surface area (Å²) in [7, 11) is 1.83. The molecule has 0 aromatic carbocycles. The predicted octanol–water partition coefficient (Wildman–Crippen LogP) is -0.469. The van der Waals surface area contributed by atoms with E-state index in [0.717, 1.165) is 17.0 Å². The van der Waals surface area contributed by atoms with Crippen molar-refractivity contribution in [2.75, 3.05) is 6.61 Å². The Kier molecular flexibility index (Phi) is 5.05. The number of carbonyl (C=O) groups is 2. The molecule has 1 unspecified atom stereocenters. The lowest BCUT2D eigenvalue weighted by Gasteiger charge is -2.11. The molecule has 1 aromatic heterocycles. The number of carbonyl (C=O) groups excluding carboxylic acids is 1. The first-order valence-electron chi connectivity index (χ1n) is 5.99. The first-order chi connectivity index (χ1) is 8.86. The molecule has 1 rings (SSSR count). The molecule has 7 nitrogen and oxygen atoms in total. The van der Waals surface area contributed by atoms with Crippen LogP contribution in [0.2, 0.25) is 0 Å². The van der Waals surface area contributed by atoms with Crippen LogP contribution in [0.3, 0.4) is 0 Å². The van der Waals surface area contributed by atoms with Crippen LogP contribution in [0.4, 0.5) is 0 Å². The van der Waals surface area contributed by atoms with Crippen LogP contribution in [-0.2, 0) is 23.1 Å². The Morgan fingerprint density at radius 3 is 2.47 bits per heavy atom. The maximum absolute atomic E-state index is 11.6. The molecule has 0 aliphatic heterocycles. The molecule has 0 spiro atoms. The zero-order valence-corrected chi connectivity index (χ0v) is 11.3. The average Bonchev–Trinajstić information content (AvgIpc) is 2.58. The summed E-state index contributed by atoms with van der Waals surface area (Å²) in [6, 6.07) is -1.25. The molecular weight excluding hydrogens is 250 g/mol. The van der Waals surface area contributed by atoms with Crippen LogP contribution in [0.5, 0.6) is 0 Å². The van der Waals surface area contributed by atoms with Crippen LogP contribution in [0.25, 0.3) is 0 Å². The third-order valence-corrected chi connectivity index (χ3v) is 3.08. The van der Waals surface area contributed by atoms with Gasteiger partial charge < -0.3 is 15.5 Å². The fourth-order valence-electron chi connectivity index (χ4n) is 1.87. The monoisotopic (exact) mass is 269 g/mol. The Bertz CT molecular complexity index is 482. The van der Waals surface area contributed by atoms with E-state index in [2.05, 4.69) is 10.4 Å². The van der Waals surface area contributed by atoms with E-state index in [0.29, 0.717) is 6.42 Å². The van der Waals surface area contributed by atoms with Crippen molar-refractivity contribution in [2.45, 2.75) is 32.7 Å². The van der Waals surface area contributed by atoms with Crippen LogP contribution in [0, 0.1) is 13.8 Å². The summed E-state index contributed by atoms with van der Waals surface area (Å²) in [6.45, 7) is 3.17. The number of carboxylic acids is 1. The Morgan fingerprint density at radius 2 is 2.05 bits per heavy atom. The summed E-state index contributed by atoms with van der Waals surface area (Å²) in [5, 5.41) is 24.0. The molecule has 0 aliphatic rings. The van der Waals surface area contributed by atoms with E-state index < -0.39 is 24.5 Å². The summed E-state index contributed by atoms with van der Waals surface area (Å²) >= 11 is 0. The minimum absolute atomic E-state index is 0.164. The van der Waals surface area contributed by atoms with Crippen LogP contribution < -0.4 is 5.32 Å². The van der Waals surface area contributed by atoms with Crippen LogP contribution >= 0.6 is 0 Å². The topological polar surface area (TPSA) is 104 Å². The second-order valence-corrected chi connectivity index (χ2v) is 4.41. The number of hydrogen-bond acceptors (Lipinski definition) is 4. The zero-order chi connectivity index (χ0) is 14.6. The lowest BCUT2D eigenvalue weighted by Crippen LogP contribution is -2.43. The van der Waals surface area contributed by atoms with E-state index in [1.54, 1.807) is 4.68 Å². The fraction of sp³-hybridized carbons (Fsp3) is 0.583. The minimum Gasteiger partial charge on any atom is -0.480 e. The van der Waals surface area contributed by atoms with Gasteiger partial charge in [0.25, 0.3) is 0 Å². The first kappa shape index (κ1) is 15.2. The highest BCUT2D eigenvalue weighted by atomic mass is 16.4. The van der Waals surface area contributed by atoms with Gasteiger partial charge in [-0.15, -0.1) is 0 Å². The number of rotatable bonds is 6. The SMILES string of the molecule is Cc1nn(C)c(C)c1CCC(=O)NC(CO)C(=O)O. The molecule has 0 radical (unpaired) electrons. The molecule has 3 N–H and O–H groups in total. The van der Waals surface area contributed by atoms with E-state index in [1.807, 2.05) is 20.9 Å². The minimum atomic E-state index is -1.25. The van der Waals surface area contributed by atoms with E-state index >= 15 is 0 Å². The summed E-state index contributed by atoms with van der Waals surface area (Å²) in [5.41, 5.74) is 2.85. The number of aryl methyl sites for hydroxylation is 2. The van der Waals surface area contributed by atoms with Crippen molar-refractivity contribution < 1.29 is 19.8 Å². The van der Waals surface area contributed by atoms with E-state index in [4.69, 9.17) is 10.2 Å². The molecule has 0 bridgehead atoms. The van der Waals surface area contributed by atoms with Gasteiger partial charge in [0.05, 0.1) is 12.3 Å². The number of aliphatic carboxylic acids is 1. The number of amides is 1. The predicted molar refractivity (Wildman–Crippen MR) is 67.7 cm³/mol. The van der Waals surface area contributed by atoms with Crippen LogP contribution in [0.15, 0.2) is 0 Å². The molecule has 0 saturated heterocycles. The van der Waals surface area contributed by atoms with Gasteiger partial charge in [0.2, 0.25) is 5.91 Å². The number of nitrogens with one attached hydrogen (secondary N) is 1. The molecule has 0 aliphatic carbocycles. The Morgan fingerprint density at radius 1 is 1.42 bits per heavy atom. The van der Waals surface area contributed by atoms with E-state index in [9.17, 15) is 9.59 Å². The molecule has 1 amide bonds. The maximum atomic E-state index is 11.6. The summed E-state index contributed by atoms with van der Waals surface area (Å²) in [5.74, 6) is -1.64. The quantitative estimate of drug-likeness (QED) is 0.647. The third-order valence-electron chi connectivity index (χ3n) is 3.08. The molecule has 19 heavy (non-hydrogen) atoms. The summed E-state index contributed by atoms with van der Waals surface area (Å²) in [6.07, 6.45) is 0.659. The number of aromatic nitrogens is 2. The van der Waals surface area contributed by atoms with Gasteiger partial charge in [-0.05, 0) is 25.8 Å². The van der Waals surface area contributed by atoms with Crippen molar-refractivity contribution in [3.8, 4) is 0 Å². The normalized spacial score (nSPS) is 12.2. The molecule has 0 saturated carbocycles. The van der Waals surface area contributed by atoms with Gasteiger partial charge >= 0.3 is 5.97 Å². The number of nitrogens with zero attached hydrogens (tertiary/aromatic N) is 2. The van der Waals surface area contributed by atoms with Crippen LogP contribution in [0.1, 0.15) is 23.4 Å². The molecule has 1 heterocycles. The number of aliphatic hydroxyl groups is 1. The number of carboxylic acid groups (broad SMARTS) is 1. The van der Waals surface area contributed by atoms with Gasteiger partial charge in [0.1, 0.15) is 6.04 Å². The Balaban J connectivity index is 2.57. The number of aliphatic hydroxyl groups excluding tert-OH is 1. The van der Waals surface area contributed by atoms with Crippen LogP contribution in [-0.4, -0.2) is 44.5 Å². The lowest BCUT2D eigenvalue weighted by molar-refractivity contribution is -0.142. The standard InChI is InChI=1S/C12H19N3O4/c1-7-9(8(2)15(3)14-7)4-5-11(17)13-10(6-16)12(18)19/h10,16H,4-6H2,1-3H3,(H,13,17)(H,18,19). The van der Waals surface area contributed by atoms with Crippen molar-refractivity contribution in [3.05, 3.63) is 17.0 Å². The highest BCUT2D eigenvalue weighted by molar-refractivity contribution is 5.83. The second kappa shape index (κ2) is 6.33. The van der Waals surface area contributed by atoms with Gasteiger partial charge in [-0.3, -0.25) is 9.48 Å². The fourth-order valence-corrected chi connectivity index (χ4v) is 1.87. The number of hydrogen-bond donors (Lipinski definition) is 3. The smallest absolute Gasteiger partial charge is 0.328 e. The first-order valence-corrected chi connectivity index (χ1v) is 5.99. The molecule has 106 valence electrons. The van der Waals surface area contributed by atoms with Crippen molar-refractivity contribution in [2.24, 2.45) is 7.05 Å². The van der Waals surface area contributed by atoms with Gasteiger partial charge in [-0.2, -0.15) is 5.10 Å². The second-order valence-electron chi connectivity index (χ2n) is 4.41. The maximum Gasteiger partial charge on any atom is 0.328 e. The largest absolute Gasteiger partial charge is 0.480 e. The molecular formula is C12H19N3O4. The highest BCUT2D eigenvalue weighted by Crippen LogP contribution is 2.13. The van der Waals surface area contributed by atoms with E-state index in [1.165, 1.54) is 0 Å². The zero-order valence-electron chi connectivity index (χ0n) is 11.3. The van der Waals surface area contributed by atoms with Crippen molar-refractivity contribution in [1.82, 2.24) is 15.1 Å². The van der Waals surface area contributed by atoms with Gasteiger partial charge in [-0.25, -0.2) is 4.79 Å². The summed E-state index contributed by atoms with van der Waals surface area (Å²) < 4.78 is 1.75.